The standard InChI is InChI=1S/C23H38N4O5S/c1-5-6-10-33-14-18(27-22(31)17-8-7-9-24-12-17)23(32)26-13-19(28)20(29)16(4)21(30)25-11-15(2)3/h7-9,12,15-16,18-20,28-29H,5-6,10-11,13-14H2,1-4H3,(H,25,30)(H,26,32)(H,27,31). The molecule has 0 radical (unpaired) electrons. The van der Waals surface area contributed by atoms with Gasteiger partial charge >= 0.3 is 0 Å². The molecule has 33 heavy (non-hydrogen) atoms. The number of hydrogen-bond acceptors (Lipinski definition) is 7. The zero-order valence-corrected chi connectivity index (χ0v) is 20.7. The maximum Gasteiger partial charge on any atom is 0.253 e. The van der Waals surface area contributed by atoms with Crippen LogP contribution >= 0.6 is 11.8 Å². The predicted molar refractivity (Wildman–Crippen MR) is 130 cm³/mol. The van der Waals surface area contributed by atoms with Crippen LogP contribution in [0.2, 0.25) is 0 Å². The summed E-state index contributed by atoms with van der Waals surface area (Å²) in [6, 6.07) is 2.42. The summed E-state index contributed by atoms with van der Waals surface area (Å²) in [5.74, 6) is -0.624. The van der Waals surface area contributed by atoms with Crippen LogP contribution in [-0.4, -0.2) is 75.8 Å². The van der Waals surface area contributed by atoms with Gasteiger partial charge in [-0.25, -0.2) is 0 Å². The Hall–Kier alpha value is -2.17. The number of hydrogen-bond donors (Lipinski definition) is 5. The number of unbranched alkanes of at least 4 members (excludes halogenated alkanes) is 1. The van der Waals surface area contributed by atoms with E-state index in [1.165, 1.54) is 13.1 Å². The Bertz CT molecular complexity index is 735. The number of rotatable bonds is 15. The minimum atomic E-state index is -1.35. The van der Waals surface area contributed by atoms with Gasteiger partial charge in [-0.3, -0.25) is 19.4 Å². The van der Waals surface area contributed by atoms with E-state index >= 15 is 0 Å². The van der Waals surface area contributed by atoms with Gasteiger partial charge < -0.3 is 26.2 Å². The molecule has 3 amide bonds. The lowest BCUT2D eigenvalue weighted by Crippen LogP contribution is -2.52. The number of carbonyl (C=O) groups excluding carboxylic acids is 3. The van der Waals surface area contributed by atoms with E-state index in [2.05, 4.69) is 27.9 Å². The van der Waals surface area contributed by atoms with E-state index in [1.54, 1.807) is 30.1 Å². The molecule has 186 valence electrons. The molecular formula is C23H38N4O5S. The highest BCUT2D eigenvalue weighted by Gasteiger charge is 2.29. The first kappa shape index (κ1) is 28.9. The van der Waals surface area contributed by atoms with E-state index in [0.29, 0.717) is 17.9 Å². The molecule has 10 heteroatoms. The van der Waals surface area contributed by atoms with Crippen molar-refractivity contribution in [2.24, 2.45) is 11.8 Å². The molecule has 0 bridgehead atoms. The highest BCUT2D eigenvalue weighted by Crippen LogP contribution is 2.10. The lowest BCUT2D eigenvalue weighted by molar-refractivity contribution is -0.131. The second-order valence-electron chi connectivity index (χ2n) is 8.43. The summed E-state index contributed by atoms with van der Waals surface area (Å²) >= 11 is 1.55. The summed E-state index contributed by atoms with van der Waals surface area (Å²) in [5.41, 5.74) is 0.338. The van der Waals surface area contributed by atoms with Crippen LogP contribution in [0.5, 0.6) is 0 Å². The first-order chi connectivity index (χ1) is 15.7. The molecule has 0 aromatic carbocycles. The zero-order chi connectivity index (χ0) is 24.8. The van der Waals surface area contributed by atoms with E-state index < -0.39 is 36.0 Å². The second-order valence-corrected chi connectivity index (χ2v) is 9.58. The van der Waals surface area contributed by atoms with Crippen LogP contribution in [0.4, 0.5) is 0 Å². The number of nitrogens with one attached hydrogen (secondary N) is 3. The molecule has 1 aromatic heterocycles. The fourth-order valence-electron chi connectivity index (χ4n) is 2.77. The summed E-state index contributed by atoms with van der Waals surface area (Å²) in [7, 11) is 0. The van der Waals surface area contributed by atoms with Crippen LogP contribution in [-0.2, 0) is 9.59 Å². The van der Waals surface area contributed by atoms with Gasteiger partial charge in [-0.1, -0.05) is 34.1 Å². The highest BCUT2D eigenvalue weighted by molar-refractivity contribution is 7.99. The molecule has 1 heterocycles. The molecule has 1 rings (SSSR count). The second kappa shape index (κ2) is 15.6. The normalized spacial score (nSPS) is 14.8. The van der Waals surface area contributed by atoms with Gasteiger partial charge in [0.05, 0.1) is 23.7 Å². The van der Waals surface area contributed by atoms with Crippen LogP contribution < -0.4 is 16.0 Å². The van der Waals surface area contributed by atoms with Crippen molar-refractivity contribution < 1.29 is 24.6 Å². The van der Waals surface area contributed by atoms with Crippen LogP contribution in [0.3, 0.4) is 0 Å². The quantitative estimate of drug-likeness (QED) is 0.235. The summed E-state index contributed by atoms with van der Waals surface area (Å²) in [6.07, 6.45) is 2.31. The van der Waals surface area contributed by atoms with Crippen molar-refractivity contribution in [1.82, 2.24) is 20.9 Å². The molecule has 0 aliphatic heterocycles. The maximum atomic E-state index is 12.8. The summed E-state index contributed by atoms with van der Waals surface area (Å²) in [4.78, 5) is 41.3. The monoisotopic (exact) mass is 482 g/mol. The molecular weight excluding hydrogens is 444 g/mol. The van der Waals surface area contributed by atoms with Gasteiger partial charge in [-0.05, 0) is 30.2 Å². The minimum Gasteiger partial charge on any atom is -0.390 e. The highest BCUT2D eigenvalue weighted by atomic mass is 32.2. The maximum absolute atomic E-state index is 12.8. The van der Waals surface area contributed by atoms with Gasteiger partial charge in [0.25, 0.3) is 5.91 Å². The molecule has 1 aromatic rings. The first-order valence-corrected chi connectivity index (χ1v) is 12.5. The topological polar surface area (TPSA) is 141 Å². The fourth-order valence-corrected chi connectivity index (χ4v) is 3.90. The van der Waals surface area contributed by atoms with Gasteiger partial charge in [-0.2, -0.15) is 11.8 Å². The van der Waals surface area contributed by atoms with Gasteiger partial charge in [0.15, 0.2) is 0 Å². The largest absolute Gasteiger partial charge is 0.390 e. The number of aliphatic hydroxyl groups is 2. The third-order valence-electron chi connectivity index (χ3n) is 4.96. The van der Waals surface area contributed by atoms with Crippen molar-refractivity contribution in [2.45, 2.75) is 58.8 Å². The van der Waals surface area contributed by atoms with Gasteiger partial charge in [-0.15, -0.1) is 0 Å². The molecule has 0 saturated carbocycles. The molecule has 9 nitrogen and oxygen atoms in total. The molecule has 0 aliphatic carbocycles. The van der Waals surface area contributed by atoms with E-state index in [9.17, 15) is 24.6 Å². The predicted octanol–water partition coefficient (Wildman–Crippen LogP) is 0.960. The average molecular weight is 483 g/mol. The fraction of sp³-hybridized carbons (Fsp3) is 0.652. The summed E-state index contributed by atoms with van der Waals surface area (Å²) in [6.45, 7) is 7.72. The third kappa shape index (κ3) is 11.0. The SMILES string of the molecule is CCCCSCC(NC(=O)c1cccnc1)C(=O)NCC(O)C(O)C(C)C(=O)NCC(C)C. The Kier molecular flexibility index (Phi) is 13.7. The van der Waals surface area contributed by atoms with Crippen LogP contribution in [0.1, 0.15) is 50.9 Å². The Balaban J connectivity index is 2.66. The van der Waals surface area contributed by atoms with E-state index in [1.807, 2.05) is 13.8 Å². The molecule has 0 saturated heterocycles. The minimum absolute atomic E-state index is 0.249. The smallest absolute Gasteiger partial charge is 0.253 e. The Labute approximate surface area is 200 Å². The molecule has 0 fully saturated rings. The summed E-state index contributed by atoms with van der Waals surface area (Å²) < 4.78 is 0. The van der Waals surface area contributed by atoms with Crippen molar-refractivity contribution in [2.75, 3.05) is 24.6 Å². The zero-order valence-electron chi connectivity index (χ0n) is 19.9. The average Bonchev–Trinajstić information content (AvgIpc) is 2.81. The number of pyridine rings is 1. The van der Waals surface area contributed by atoms with Crippen molar-refractivity contribution >= 4 is 29.5 Å². The van der Waals surface area contributed by atoms with Gasteiger partial charge in [0.1, 0.15) is 6.04 Å². The number of amides is 3. The Morgan fingerprint density at radius 2 is 1.79 bits per heavy atom. The molecule has 5 N–H and O–H groups in total. The van der Waals surface area contributed by atoms with Crippen LogP contribution in [0.15, 0.2) is 24.5 Å². The van der Waals surface area contributed by atoms with Gasteiger partial charge in [0.2, 0.25) is 11.8 Å². The Morgan fingerprint density at radius 3 is 2.39 bits per heavy atom. The number of aliphatic hydroxyl groups excluding tert-OH is 2. The van der Waals surface area contributed by atoms with Crippen molar-refractivity contribution in [3.8, 4) is 0 Å². The number of carbonyl (C=O) groups is 3. The van der Waals surface area contributed by atoms with Crippen molar-refractivity contribution in [3.05, 3.63) is 30.1 Å². The lowest BCUT2D eigenvalue weighted by atomic mass is 9.98. The molecule has 4 unspecified atom stereocenters. The number of nitrogens with zero attached hydrogens (tertiary/aromatic N) is 1. The number of thioether (sulfide) groups is 1. The van der Waals surface area contributed by atoms with E-state index in [0.717, 1.165) is 18.6 Å². The Morgan fingerprint density at radius 1 is 1.09 bits per heavy atom. The lowest BCUT2D eigenvalue weighted by Gasteiger charge is -2.25. The van der Waals surface area contributed by atoms with Crippen molar-refractivity contribution in [1.29, 1.82) is 0 Å². The van der Waals surface area contributed by atoms with Gasteiger partial charge in [0, 0.05) is 31.2 Å². The molecule has 4 atom stereocenters. The van der Waals surface area contributed by atoms with E-state index in [4.69, 9.17) is 0 Å². The summed E-state index contributed by atoms with van der Waals surface area (Å²) in [5, 5.41) is 28.6. The molecule has 0 aliphatic rings. The number of aromatic nitrogens is 1. The first-order valence-electron chi connectivity index (χ1n) is 11.4. The van der Waals surface area contributed by atoms with E-state index in [-0.39, 0.29) is 18.4 Å². The van der Waals surface area contributed by atoms with Crippen LogP contribution in [0.25, 0.3) is 0 Å². The third-order valence-corrected chi connectivity index (χ3v) is 6.11. The molecule has 0 spiro atoms. The van der Waals surface area contributed by atoms with Crippen LogP contribution in [0, 0.1) is 11.8 Å². The van der Waals surface area contributed by atoms with Crippen molar-refractivity contribution in [3.63, 3.8) is 0 Å².